The van der Waals surface area contributed by atoms with Gasteiger partial charge in [0, 0.05) is 25.8 Å². The number of phosphoric ester groups is 1. The lowest BCUT2D eigenvalue weighted by atomic mass is 10.0. The molecule has 0 heterocycles. The van der Waals surface area contributed by atoms with Crippen LogP contribution in [0.2, 0.25) is 0 Å². The minimum atomic E-state index is -4.40. The number of unbranched alkanes of at least 4 members (excludes halogenated alkanes) is 21. The van der Waals surface area contributed by atoms with E-state index in [0.29, 0.717) is 25.7 Å². The molecule has 3 N–H and O–H groups in total. The van der Waals surface area contributed by atoms with E-state index in [2.05, 4.69) is 26.0 Å². The number of carbonyl (C=O) groups is 3. The zero-order valence-electron chi connectivity index (χ0n) is 36.8. The van der Waals surface area contributed by atoms with Gasteiger partial charge in [0.15, 0.2) is 11.9 Å². The summed E-state index contributed by atoms with van der Waals surface area (Å²) < 4.78 is 32.7. The molecule has 2 atom stereocenters. The average molecular weight is 838 g/mol. The molecule has 58 heavy (non-hydrogen) atoms. The van der Waals surface area contributed by atoms with Crippen molar-refractivity contribution in [2.45, 2.75) is 206 Å². The fraction of sp³-hybridized carbons (Fsp3) is 0.766. The summed E-state index contributed by atoms with van der Waals surface area (Å²) in [7, 11) is -4.40. The molecular formula is C47H84NO9P. The highest BCUT2D eigenvalue weighted by Gasteiger charge is 2.26. The van der Waals surface area contributed by atoms with Crippen molar-refractivity contribution in [3.8, 4) is 0 Å². The van der Waals surface area contributed by atoms with E-state index >= 15 is 0 Å². The number of carbonyl (C=O) groups excluding carboxylic acids is 3. The lowest BCUT2D eigenvalue weighted by Crippen LogP contribution is -2.29. The topological polar surface area (TPSA) is 151 Å². The molecule has 10 nitrogen and oxygen atoms in total. The number of phosphoric acid groups is 1. The van der Waals surface area contributed by atoms with Crippen molar-refractivity contribution >= 4 is 25.5 Å². The molecule has 0 spiro atoms. The van der Waals surface area contributed by atoms with Crippen molar-refractivity contribution in [3.05, 3.63) is 48.6 Å². The molecule has 0 aliphatic carbocycles. The van der Waals surface area contributed by atoms with Crippen molar-refractivity contribution in [3.63, 3.8) is 0 Å². The summed E-state index contributed by atoms with van der Waals surface area (Å²) >= 11 is 0. The molecule has 0 fully saturated rings. The highest BCUT2D eigenvalue weighted by atomic mass is 31.2. The Morgan fingerprint density at radius 1 is 0.569 bits per heavy atom. The number of hydrogen-bond acceptors (Lipinski definition) is 9. The molecule has 0 saturated heterocycles. The van der Waals surface area contributed by atoms with Gasteiger partial charge in [0.25, 0.3) is 0 Å². The van der Waals surface area contributed by atoms with E-state index in [1.165, 1.54) is 96.3 Å². The Morgan fingerprint density at radius 3 is 1.62 bits per heavy atom. The first kappa shape index (κ1) is 55.6. The monoisotopic (exact) mass is 838 g/mol. The van der Waals surface area contributed by atoms with Gasteiger partial charge in [0.2, 0.25) is 0 Å². The van der Waals surface area contributed by atoms with Crippen LogP contribution in [0.25, 0.3) is 0 Å². The lowest BCUT2D eigenvalue weighted by Gasteiger charge is -2.19. The number of ether oxygens (including phenoxy) is 2. The number of rotatable bonds is 43. The molecular weight excluding hydrogens is 753 g/mol. The number of esters is 2. The second-order valence-corrected chi connectivity index (χ2v) is 16.8. The maximum Gasteiger partial charge on any atom is 0.472 e. The number of ketones is 1. The van der Waals surface area contributed by atoms with Gasteiger partial charge in [0.05, 0.1) is 13.2 Å². The third-order valence-corrected chi connectivity index (χ3v) is 10.7. The Kier molecular flexibility index (Phi) is 41.0. The SMILES string of the molecule is CCCCCCCCCCCCCCCCCCCCCC(=O)O[C@H](COC(=O)CCC/C=C\C/C=C\C/C=C\C=C\C(=O)CCCCC)COP(=O)(O)OCCN. The van der Waals surface area contributed by atoms with Gasteiger partial charge in [-0.1, -0.05) is 185 Å². The van der Waals surface area contributed by atoms with Crippen LogP contribution in [0.1, 0.15) is 200 Å². The number of nitrogens with two attached hydrogens (primary N) is 1. The van der Waals surface area contributed by atoms with Crippen molar-refractivity contribution in [1.82, 2.24) is 0 Å². The largest absolute Gasteiger partial charge is 0.472 e. The van der Waals surface area contributed by atoms with E-state index in [0.717, 1.165) is 51.4 Å². The van der Waals surface area contributed by atoms with Crippen LogP contribution in [0.3, 0.4) is 0 Å². The summed E-state index contributed by atoms with van der Waals surface area (Å²) in [5.74, 6) is -0.754. The molecule has 0 radical (unpaired) electrons. The standard InChI is InChI=1S/C47H84NO9P/c1-3-5-7-8-9-10-11-12-13-14-15-16-17-18-21-25-28-31-35-39-47(51)57-45(43-56-58(52,53)55-41-40-48)42-54-46(50)38-34-30-27-24-22-19-20-23-26-29-33-37-44(49)36-32-6-4-2/h19-20,24,26-27,29,33,37,45H,3-18,21-23,25,28,30-32,34-36,38-43,48H2,1-2H3,(H,52,53)/b20-19-,27-24-,29-26-,37-33+/t45-/m1/s1. The number of allylic oxidation sites excluding steroid dienone is 8. The average Bonchev–Trinajstić information content (AvgIpc) is 3.20. The normalized spacial score (nSPS) is 13.6. The van der Waals surface area contributed by atoms with Gasteiger partial charge in [-0.3, -0.25) is 23.4 Å². The van der Waals surface area contributed by atoms with Crippen LogP contribution in [-0.2, 0) is 37.5 Å². The van der Waals surface area contributed by atoms with Gasteiger partial charge >= 0.3 is 19.8 Å². The predicted octanol–water partition coefficient (Wildman–Crippen LogP) is 12.7. The van der Waals surface area contributed by atoms with E-state index in [9.17, 15) is 23.8 Å². The first-order valence-electron chi connectivity index (χ1n) is 23.1. The molecule has 0 aromatic carbocycles. The Hall–Kier alpha value is -2.36. The molecule has 0 aliphatic rings. The van der Waals surface area contributed by atoms with Crippen LogP contribution in [-0.4, -0.2) is 55.1 Å². The summed E-state index contributed by atoms with van der Waals surface area (Å²) in [6.45, 7) is 3.51. The van der Waals surface area contributed by atoms with Gasteiger partial charge in [-0.2, -0.15) is 0 Å². The molecule has 0 aliphatic heterocycles. The molecule has 0 aromatic heterocycles. The molecule has 0 bridgehead atoms. The molecule has 0 rings (SSSR count). The summed E-state index contributed by atoms with van der Waals surface area (Å²) in [5, 5.41) is 0. The smallest absolute Gasteiger partial charge is 0.462 e. The van der Waals surface area contributed by atoms with Gasteiger partial charge in [-0.25, -0.2) is 4.57 Å². The minimum Gasteiger partial charge on any atom is -0.462 e. The highest BCUT2D eigenvalue weighted by Crippen LogP contribution is 2.43. The van der Waals surface area contributed by atoms with Crippen LogP contribution < -0.4 is 5.73 Å². The van der Waals surface area contributed by atoms with Gasteiger partial charge in [-0.15, -0.1) is 0 Å². The summed E-state index contributed by atoms with van der Waals surface area (Å²) in [6, 6.07) is 0. The second kappa shape index (κ2) is 42.8. The van der Waals surface area contributed by atoms with Crippen LogP contribution in [0.4, 0.5) is 0 Å². The van der Waals surface area contributed by atoms with E-state index < -0.39 is 32.5 Å². The van der Waals surface area contributed by atoms with Crippen molar-refractivity contribution in [1.29, 1.82) is 0 Å². The molecule has 11 heteroatoms. The van der Waals surface area contributed by atoms with Gasteiger partial charge in [-0.05, 0) is 44.6 Å². The first-order valence-corrected chi connectivity index (χ1v) is 24.6. The quantitative estimate of drug-likeness (QED) is 0.0152. The summed E-state index contributed by atoms with van der Waals surface area (Å²) in [4.78, 5) is 46.6. The third kappa shape index (κ3) is 41.8. The predicted molar refractivity (Wildman–Crippen MR) is 238 cm³/mol. The summed E-state index contributed by atoms with van der Waals surface area (Å²) in [6.07, 6.45) is 45.6. The molecule has 336 valence electrons. The van der Waals surface area contributed by atoms with Crippen molar-refractivity contribution in [2.24, 2.45) is 5.73 Å². The third-order valence-electron chi connectivity index (χ3n) is 9.69. The van der Waals surface area contributed by atoms with Crippen molar-refractivity contribution < 1.29 is 42.4 Å². The first-order chi connectivity index (χ1) is 28.2. The van der Waals surface area contributed by atoms with E-state index in [-0.39, 0.29) is 38.4 Å². The second-order valence-electron chi connectivity index (χ2n) is 15.3. The molecule has 0 aromatic rings. The lowest BCUT2D eigenvalue weighted by molar-refractivity contribution is -0.161. The maximum atomic E-state index is 12.6. The van der Waals surface area contributed by atoms with E-state index in [4.69, 9.17) is 24.3 Å². The van der Waals surface area contributed by atoms with Gasteiger partial charge in [0.1, 0.15) is 6.61 Å². The zero-order valence-corrected chi connectivity index (χ0v) is 37.7. The Morgan fingerprint density at radius 2 is 1.05 bits per heavy atom. The van der Waals surface area contributed by atoms with Crippen molar-refractivity contribution in [2.75, 3.05) is 26.4 Å². The molecule has 0 saturated carbocycles. The number of hydrogen-bond donors (Lipinski definition) is 2. The molecule has 0 amide bonds. The van der Waals surface area contributed by atoms with Crippen LogP contribution in [0.15, 0.2) is 48.6 Å². The Bertz CT molecular complexity index is 1150. The Balaban J connectivity index is 4.22. The van der Waals surface area contributed by atoms with Crippen LogP contribution in [0, 0.1) is 0 Å². The van der Waals surface area contributed by atoms with E-state index in [1.54, 1.807) is 12.2 Å². The maximum absolute atomic E-state index is 12.6. The fourth-order valence-electron chi connectivity index (χ4n) is 6.23. The van der Waals surface area contributed by atoms with E-state index in [1.807, 2.05) is 24.3 Å². The van der Waals surface area contributed by atoms with Crippen LogP contribution in [0.5, 0.6) is 0 Å². The van der Waals surface area contributed by atoms with Crippen LogP contribution >= 0.6 is 7.82 Å². The Labute approximate surface area is 353 Å². The van der Waals surface area contributed by atoms with Gasteiger partial charge < -0.3 is 20.1 Å². The fourth-order valence-corrected chi connectivity index (χ4v) is 7.00. The summed E-state index contributed by atoms with van der Waals surface area (Å²) in [5.41, 5.74) is 5.35. The highest BCUT2D eigenvalue weighted by molar-refractivity contribution is 7.47. The minimum absolute atomic E-state index is 0.0368. The molecule has 1 unspecified atom stereocenters. The zero-order chi connectivity index (χ0) is 42.6.